The van der Waals surface area contributed by atoms with Crippen LogP contribution in [0.1, 0.15) is 24.2 Å². The third-order valence-corrected chi connectivity index (χ3v) is 3.81. The standard InChI is InChI=1S/C14H16N4O2/c15-9-5-6-13-16-17-14(18(13)7-9)12-8-19-10-3-1-2-4-11(10)20-12/h1-4,9,12H,5-8,15H2. The smallest absolute Gasteiger partial charge is 0.192 e. The molecular weight excluding hydrogens is 256 g/mol. The first-order chi connectivity index (χ1) is 9.81. The molecule has 3 heterocycles. The number of aryl methyl sites for hydroxylation is 1. The highest BCUT2D eigenvalue weighted by atomic mass is 16.6. The molecule has 2 N–H and O–H groups in total. The lowest BCUT2D eigenvalue weighted by atomic mass is 10.1. The van der Waals surface area contributed by atoms with E-state index in [0.29, 0.717) is 6.61 Å². The molecule has 4 rings (SSSR count). The summed E-state index contributed by atoms with van der Waals surface area (Å²) in [6.07, 6.45) is 1.61. The Morgan fingerprint density at radius 1 is 1.20 bits per heavy atom. The van der Waals surface area contributed by atoms with Gasteiger partial charge in [0.1, 0.15) is 12.4 Å². The van der Waals surface area contributed by atoms with Crippen LogP contribution in [0.2, 0.25) is 0 Å². The molecule has 20 heavy (non-hydrogen) atoms. The van der Waals surface area contributed by atoms with Crippen molar-refractivity contribution in [3.8, 4) is 11.5 Å². The van der Waals surface area contributed by atoms with Crippen molar-refractivity contribution in [2.45, 2.75) is 31.5 Å². The summed E-state index contributed by atoms with van der Waals surface area (Å²) in [6.45, 7) is 1.20. The van der Waals surface area contributed by atoms with Crippen LogP contribution >= 0.6 is 0 Å². The first-order valence-electron chi connectivity index (χ1n) is 6.87. The van der Waals surface area contributed by atoms with E-state index in [2.05, 4.69) is 14.8 Å². The van der Waals surface area contributed by atoms with Crippen molar-refractivity contribution < 1.29 is 9.47 Å². The van der Waals surface area contributed by atoms with E-state index in [1.54, 1.807) is 0 Å². The van der Waals surface area contributed by atoms with Gasteiger partial charge in [-0.25, -0.2) is 0 Å². The molecule has 0 spiro atoms. The number of hydrogen-bond donors (Lipinski definition) is 1. The van der Waals surface area contributed by atoms with E-state index < -0.39 is 0 Å². The van der Waals surface area contributed by atoms with Gasteiger partial charge in [0.25, 0.3) is 0 Å². The van der Waals surface area contributed by atoms with Gasteiger partial charge < -0.3 is 19.8 Å². The van der Waals surface area contributed by atoms with Gasteiger partial charge in [0.2, 0.25) is 0 Å². The summed E-state index contributed by atoms with van der Waals surface area (Å²) in [5.74, 6) is 3.33. The molecule has 0 radical (unpaired) electrons. The second kappa shape index (κ2) is 4.49. The maximum absolute atomic E-state index is 6.04. The number of benzene rings is 1. The average Bonchev–Trinajstić information content (AvgIpc) is 2.89. The molecule has 0 fully saturated rings. The van der Waals surface area contributed by atoms with Gasteiger partial charge in [-0.3, -0.25) is 0 Å². The number of fused-ring (bicyclic) bond motifs is 2. The van der Waals surface area contributed by atoms with Crippen LogP contribution in [-0.2, 0) is 13.0 Å². The lowest BCUT2D eigenvalue weighted by molar-refractivity contribution is 0.0813. The molecule has 2 unspecified atom stereocenters. The minimum absolute atomic E-state index is 0.161. The van der Waals surface area contributed by atoms with Crippen molar-refractivity contribution in [3.05, 3.63) is 35.9 Å². The Labute approximate surface area is 116 Å². The molecule has 2 atom stereocenters. The highest BCUT2D eigenvalue weighted by molar-refractivity contribution is 5.41. The molecule has 0 aliphatic carbocycles. The van der Waals surface area contributed by atoms with Crippen molar-refractivity contribution in [1.82, 2.24) is 14.8 Å². The number of hydrogen-bond acceptors (Lipinski definition) is 5. The number of rotatable bonds is 1. The van der Waals surface area contributed by atoms with Crippen LogP contribution < -0.4 is 15.2 Å². The van der Waals surface area contributed by atoms with E-state index in [-0.39, 0.29) is 12.1 Å². The monoisotopic (exact) mass is 272 g/mol. The predicted octanol–water partition coefficient (Wildman–Crippen LogP) is 1.06. The van der Waals surface area contributed by atoms with Gasteiger partial charge in [-0.1, -0.05) is 12.1 Å². The van der Waals surface area contributed by atoms with Gasteiger partial charge in [0.05, 0.1) is 0 Å². The summed E-state index contributed by atoms with van der Waals surface area (Å²) in [4.78, 5) is 0. The Kier molecular flexibility index (Phi) is 2.63. The fourth-order valence-corrected chi connectivity index (χ4v) is 2.76. The Balaban J connectivity index is 1.65. The van der Waals surface area contributed by atoms with Crippen LogP contribution in [0.4, 0.5) is 0 Å². The van der Waals surface area contributed by atoms with Gasteiger partial charge >= 0.3 is 0 Å². The molecular formula is C14H16N4O2. The minimum atomic E-state index is -0.226. The van der Waals surface area contributed by atoms with E-state index in [0.717, 1.165) is 42.5 Å². The Hall–Kier alpha value is -2.08. The fourth-order valence-electron chi connectivity index (χ4n) is 2.76. The molecule has 1 aromatic carbocycles. The van der Waals surface area contributed by atoms with E-state index in [4.69, 9.17) is 15.2 Å². The highest BCUT2D eigenvalue weighted by Crippen LogP contribution is 2.35. The largest absolute Gasteiger partial charge is 0.485 e. The van der Waals surface area contributed by atoms with Gasteiger partial charge in [0.15, 0.2) is 23.4 Å². The van der Waals surface area contributed by atoms with Crippen molar-refractivity contribution in [2.75, 3.05) is 6.61 Å². The minimum Gasteiger partial charge on any atom is -0.485 e. The molecule has 2 aliphatic rings. The van der Waals surface area contributed by atoms with Gasteiger partial charge in [-0.15, -0.1) is 10.2 Å². The first-order valence-corrected chi connectivity index (χ1v) is 6.87. The Bertz CT molecular complexity index is 640. The maximum atomic E-state index is 6.04. The number of para-hydroxylation sites is 2. The van der Waals surface area contributed by atoms with Crippen LogP contribution in [0, 0.1) is 0 Å². The summed E-state index contributed by atoms with van der Waals surface area (Å²) in [7, 11) is 0. The summed E-state index contributed by atoms with van der Waals surface area (Å²) >= 11 is 0. The maximum Gasteiger partial charge on any atom is 0.192 e. The number of nitrogens with two attached hydrogens (primary N) is 1. The lowest BCUT2D eigenvalue weighted by Crippen LogP contribution is -2.34. The van der Waals surface area contributed by atoms with Crippen molar-refractivity contribution in [2.24, 2.45) is 5.73 Å². The van der Waals surface area contributed by atoms with Crippen LogP contribution in [0.3, 0.4) is 0 Å². The normalized spacial score (nSPS) is 24.2. The molecule has 0 saturated carbocycles. The van der Waals surface area contributed by atoms with Gasteiger partial charge in [-0.2, -0.15) is 0 Å². The van der Waals surface area contributed by atoms with Gasteiger partial charge in [-0.05, 0) is 18.6 Å². The SMILES string of the molecule is NC1CCc2nnc(C3COc4ccccc4O3)n2C1. The fraction of sp³-hybridized carbons (Fsp3) is 0.429. The van der Waals surface area contributed by atoms with E-state index in [1.807, 2.05) is 24.3 Å². The molecule has 104 valence electrons. The third kappa shape index (κ3) is 1.84. The van der Waals surface area contributed by atoms with E-state index >= 15 is 0 Å². The molecule has 0 saturated heterocycles. The van der Waals surface area contributed by atoms with Crippen LogP contribution in [-0.4, -0.2) is 27.4 Å². The molecule has 0 amide bonds. The predicted molar refractivity (Wildman–Crippen MR) is 71.6 cm³/mol. The zero-order valence-corrected chi connectivity index (χ0v) is 11.0. The second-order valence-electron chi connectivity index (χ2n) is 5.25. The summed E-state index contributed by atoms with van der Waals surface area (Å²) in [5, 5.41) is 8.53. The first kappa shape index (κ1) is 11.7. The van der Waals surface area contributed by atoms with E-state index in [9.17, 15) is 0 Å². The highest BCUT2D eigenvalue weighted by Gasteiger charge is 2.30. The van der Waals surface area contributed by atoms with Crippen molar-refractivity contribution in [1.29, 1.82) is 0 Å². The number of aromatic nitrogens is 3. The second-order valence-corrected chi connectivity index (χ2v) is 5.25. The zero-order valence-electron chi connectivity index (χ0n) is 11.0. The Morgan fingerprint density at radius 2 is 2.05 bits per heavy atom. The lowest BCUT2D eigenvalue weighted by Gasteiger charge is -2.28. The zero-order chi connectivity index (χ0) is 13.5. The Morgan fingerprint density at radius 3 is 2.95 bits per heavy atom. The summed E-state index contributed by atoms with van der Waals surface area (Å²) in [6, 6.07) is 7.83. The van der Waals surface area contributed by atoms with Crippen molar-refractivity contribution in [3.63, 3.8) is 0 Å². The molecule has 1 aromatic heterocycles. The molecule has 0 bridgehead atoms. The van der Waals surface area contributed by atoms with Gasteiger partial charge in [0, 0.05) is 19.0 Å². The third-order valence-electron chi connectivity index (χ3n) is 3.81. The number of ether oxygens (including phenoxy) is 2. The topological polar surface area (TPSA) is 75.2 Å². The van der Waals surface area contributed by atoms with Crippen LogP contribution in [0.25, 0.3) is 0 Å². The quantitative estimate of drug-likeness (QED) is 0.840. The van der Waals surface area contributed by atoms with Crippen molar-refractivity contribution >= 4 is 0 Å². The number of nitrogens with zero attached hydrogens (tertiary/aromatic N) is 3. The molecule has 2 aliphatic heterocycles. The molecule has 6 heteroatoms. The molecule has 6 nitrogen and oxygen atoms in total. The summed E-state index contributed by atoms with van der Waals surface area (Å²) in [5.41, 5.74) is 6.04. The average molecular weight is 272 g/mol. The van der Waals surface area contributed by atoms with E-state index in [1.165, 1.54) is 0 Å². The van der Waals surface area contributed by atoms with Crippen LogP contribution in [0.5, 0.6) is 11.5 Å². The molecule has 2 aromatic rings. The summed E-state index contributed by atoms with van der Waals surface area (Å²) < 4.78 is 13.8. The van der Waals surface area contributed by atoms with Crippen LogP contribution in [0.15, 0.2) is 24.3 Å².